The van der Waals surface area contributed by atoms with E-state index in [1.165, 1.54) is 4.57 Å². The molecule has 15 heavy (non-hydrogen) atoms. The van der Waals surface area contributed by atoms with Gasteiger partial charge in [0.2, 0.25) is 5.88 Å². The third-order valence-electron chi connectivity index (χ3n) is 1.87. The Balaban J connectivity index is 2.57. The van der Waals surface area contributed by atoms with E-state index in [-0.39, 0.29) is 18.2 Å². The first-order valence-corrected chi connectivity index (χ1v) is 4.70. The van der Waals surface area contributed by atoms with Crippen molar-refractivity contribution in [1.29, 1.82) is 0 Å². The average molecular weight is 213 g/mol. The first-order chi connectivity index (χ1) is 7.13. The minimum atomic E-state index is -0.545. The van der Waals surface area contributed by atoms with Gasteiger partial charge in [-0.25, -0.2) is 4.79 Å². The molecule has 1 atom stereocenters. The van der Waals surface area contributed by atoms with Gasteiger partial charge in [-0.05, 0) is 6.42 Å². The summed E-state index contributed by atoms with van der Waals surface area (Å²) in [6.45, 7) is 0.0705. The van der Waals surface area contributed by atoms with Crippen LogP contribution < -0.4 is 16.2 Å². The summed E-state index contributed by atoms with van der Waals surface area (Å²) >= 11 is 0. The van der Waals surface area contributed by atoms with Crippen molar-refractivity contribution < 1.29 is 9.84 Å². The van der Waals surface area contributed by atoms with Crippen LogP contribution in [0.2, 0.25) is 0 Å². The van der Waals surface area contributed by atoms with Gasteiger partial charge in [-0.1, -0.05) is 0 Å². The van der Waals surface area contributed by atoms with E-state index >= 15 is 0 Å². The molecular formula is C9H15N3O3. The highest BCUT2D eigenvalue weighted by Crippen LogP contribution is 2.04. The first-order valence-electron chi connectivity index (χ1n) is 4.70. The second-order valence-electron chi connectivity index (χ2n) is 3.18. The molecule has 1 unspecified atom stereocenters. The van der Waals surface area contributed by atoms with Gasteiger partial charge in [0, 0.05) is 32.3 Å². The van der Waals surface area contributed by atoms with Gasteiger partial charge in [0.15, 0.2) is 0 Å². The van der Waals surface area contributed by atoms with Crippen molar-refractivity contribution in [3.05, 3.63) is 22.7 Å². The average Bonchev–Trinajstić information content (AvgIpc) is 2.20. The lowest BCUT2D eigenvalue weighted by molar-refractivity contribution is 0.171. The van der Waals surface area contributed by atoms with E-state index in [9.17, 15) is 4.79 Å². The van der Waals surface area contributed by atoms with Crippen molar-refractivity contribution in [3.8, 4) is 5.88 Å². The highest BCUT2D eigenvalue weighted by Gasteiger charge is 2.05. The second kappa shape index (κ2) is 5.47. The zero-order valence-corrected chi connectivity index (χ0v) is 8.59. The van der Waals surface area contributed by atoms with Gasteiger partial charge >= 0.3 is 5.69 Å². The van der Waals surface area contributed by atoms with Crippen molar-refractivity contribution in [2.45, 2.75) is 19.1 Å². The van der Waals surface area contributed by atoms with Crippen LogP contribution in [0.25, 0.3) is 0 Å². The highest BCUT2D eigenvalue weighted by molar-refractivity contribution is 5.05. The van der Waals surface area contributed by atoms with E-state index in [2.05, 4.69) is 4.98 Å². The molecule has 6 nitrogen and oxygen atoms in total. The molecule has 6 heteroatoms. The fraction of sp³-hybridized carbons (Fsp3) is 0.556. The zero-order valence-electron chi connectivity index (χ0n) is 8.59. The standard InChI is InChI=1S/C9H15N3O3/c1-12-5-4-8(11-9(12)14)15-7(10)3-2-6-13/h4-5,7,13H,2-3,6,10H2,1H3. The van der Waals surface area contributed by atoms with E-state index < -0.39 is 6.23 Å². The van der Waals surface area contributed by atoms with Crippen LogP contribution in [0.3, 0.4) is 0 Å². The van der Waals surface area contributed by atoms with Crippen molar-refractivity contribution >= 4 is 0 Å². The lowest BCUT2D eigenvalue weighted by Gasteiger charge is -2.12. The van der Waals surface area contributed by atoms with E-state index in [0.29, 0.717) is 12.8 Å². The monoisotopic (exact) mass is 213 g/mol. The van der Waals surface area contributed by atoms with Crippen molar-refractivity contribution in [1.82, 2.24) is 9.55 Å². The first kappa shape index (κ1) is 11.7. The molecule has 3 N–H and O–H groups in total. The molecule has 1 aromatic heterocycles. The van der Waals surface area contributed by atoms with Crippen LogP contribution in [0.1, 0.15) is 12.8 Å². The molecule has 1 heterocycles. The molecule has 1 rings (SSSR count). The van der Waals surface area contributed by atoms with Gasteiger partial charge in [0.25, 0.3) is 0 Å². The number of hydrogen-bond donors (Lipinski definition) is 2. The lowest BCUT2D eigenvalue weighted by Crippen LogP contribution is -2.29. The van der Waals surface area contributed by atoms with Crippen LogP contribution >= 0.6 is 0 Å². The lowest BCUT2D eigenvalue weighted by atomic mass is 10.3. The van der Waals surface area contributed by atoms with Gasteiger partial charge in [0.05, 0.1) is 0 Å². The largest absolute Gasteiger partial charge is 0.459 e. The SMILES string of the molecule is Cn1ccc(OC(N)CCCO)nc1=O. The third kappa shape index (κ3) is 3.69. The molecule has 0 saturated carbocycles. The molecule has 0 aromatic carbocycles. The number of hydrogen-bond acceptors (Lipinski definition) is 5. The van der Waals surface area contributed by atoms with Crippen LogP contribution in [0, 0.1) is 0 Å². The normalized spacial score (nSPS) is 12.5. The summed E-state index contributed by atoms with van der Waals surface area (Å²) in [7, 11) is 1.60. The van der Waals surface area contributed by atoms with Crippen molar-refractivity contribution in [2.75, 3.05) is 6.61 Å². The number of aryl methyl sites for hydroxylation is 1. The molecule has 0 aliphatic heterocycles. The molecule has 1 aromatic rings. The molecule has 0 fully saturated rings. The summed E-state index contributed by atoms with van der Waals surface area (Å²) in [5.41, 5.74) is 5.21. The predicted molar refractivity (Wildman–Crippen MR) is 54.4 cm³/mol. The van der Waals surface area contributed by atoms with Gasteiger partial charge in [0.1, 0.15) is 6.23 Å². The Morgan fingerprint density at radius 3 is 3.07 bits per heavy atom. The van der Waals surface area contributed by atoms with E-state index in [0.717, 1.165) is 0 Å². The minimum Gasteiger partial charge on any atom is -0.459 e. The molecule has 0 spiro atoms. The number of ether oxygens (including phenoxy) is 1. The molecule has 84 valence electrons. The summed E-state index contributed by atoms with van der Waals surface area (Å²) in [6.07, 6.45) is 2.10. The van der Waals surface area contributed by atoms with E-state index in [1.54, 1.807) is 19.3 Å². The molecule has 0 amide bonds. The van der Waals surface area contributed by atoms with E-state index in [1.807, 2.05) is 0 Å². The second-order valence-corrected chi connectivity index (χ2v) is 3.18. The Morgan fingerprint density at radius 1 is 1.73 bits per heavy atom. The molecule has 0 radical (unpaired) electrons. The van der Waals surface area contributed by atoms with E-state index in [4.69, 9.17) is 15.6 Å². The van der Waals surface area contributed by atoms with Crippen LogP contribution in [-0.4, -0.2) is 27.5 Å². The topological polar surface area (TPSA) is 90.4 Å². The van der Waals surface area contributed by atoms with Crippen LogP contribution in [-0.2, 0) is 7.05 Å². The van der Waals surface area contributed by atoms with Gasteiger partial charge in [-0.3, -0.25) is 5.73 Å². The number of nitrogens with zero attached hydrogens (tertiary/aromatic N) is 2. The maximum absolute atomic E-state index is 11.1. The molecule has 0 bridgehead atoms. The Hall–Kier alpha value is -1.40. The smallest absolute Gasteiger partial charge is 0.350 e. The van der Waals surface area contributed by atoms with Gasteiger partial charge < -0.3 is 14.4 Å². The number of aliphatic hydroxyl groups is 1. The van der Waals surface area contributed by atoms with Gasteiger partial charge in [-0.15, -0.1) is 0 Å². The maximum atomic E-state index is 11.1. The number of aromatic nitrogens is 2. The summed E-state index contributed by atoms with van der Waals surface area (Å²) in [5.74, 6) is 0.212. The Morgan fingerprint density at radius 2 is 2.47 bits per heavy atom. The Bertz CT molecular complexity index is 364. The Kier molecular flexibility index (Phi) is 4.26. The van der Waals surface area contributed by atoms with Crippen LogP contribution in [0.15, 0.2) is 17.1 Å². The summed E-state index contributed by atoms with van der Waals surface area (Å²) < 4.78 is 6.53. The van der Waals surface area contributed by atoms with Crippen LogP contribution in [0.5, 0.6) is 5.88 Å². The highest BCUT2D eigenvalue weighted by atomic mass is 16.5. The molecule has 0 aliphatic rings. The number of nitrogens with two attached hydrogens (primary N) is 1. The Labute approximate surface area is 87.3 Å². The maximum Gasteiger partial charge on any atom is 0.350 e. The third-order valence-corrected chi connectivity index (χ3v) is 1.87. The van der Waals surface area contributed by atoms with Crippen molar-refractivity contribution in [3.63, 3.8) is 0 Å². The zero-order chi connectivity index (χ0) is 11.3. The summed E-state index contributed by atoms with van der Waals surface area (Å²) in [5, 5.41) is 8.58. The fourth-order valence-electron chi connectivity index (χ4n) is 1.02. The van der Waals surface area contributed by atoms with Gasteiger partial charge in [-0.2, -0.15) is 4.98 Å². The van der Waals surface area contributed by atoms with Crippen LogP contribution in [0.4, 0.5) is 0 Å². The fourth-order valence-corrected chi connectivity index (χ4v) is 1.02. The predicted octanol–water partition coefficient (Wildman–Crippen LogP) is -0.784. The number of rotatable bonds is 5. The number of aliphatic hydroxyl groups excluding tert-OH is 1. The summed E-state index contributed by atoms with van der Waals surface area (Å²) in [4.78, 5) is 14.8. The molecular weight excluding hydrogens is 198 g/mol. The minimum absolute atomic E-state index is 0.0705. The quantitative estimate of drug-likeness (QED) is 0.626. The molecule has 0 saturated heterocycles. The van der Waals surface area contributed by atoms with Crippen molar-refractivity contribution in [2.24, 2.45) is 12.8 Å². The molecule has 0 aliphatic carbocycles. The summed E-state index contributed by atoms with van der Waals surface area (Å²) in [6, 6.07) is 1.57.